The van der Waals surface area contributed by atoms with Gasteiger partial charge in [0.2, 0.25) is 5.91 Å². The minimum Gasteiger partial charge on any atom is -0.479 e. The zero-order chi connectivity index (χ0) is 20.2. The quantitative estimate of drug-likeness (QED) is 0.697. The summed E-state index contributed by atoms with van der Waals surface area (Å²) < 4.78 is 7.37. The number of carbonyl (C=O) groups excluding carboxylic acids is 2. The number of pyridine rings is 1. The van der Waals surface area contributed by atoms with E-state index in [0.29, 0.717) is 23.7 Å². The molecule has 4 rings (SSSR count). The molecule has 148 valence electrons. The second-order valence-electron chi connectivity index (χ2n) is 6.80. The van der Waals surface area contributed by atoms with Crippen LogP contribution in [0.3, 0.4) is 0 Å². The average molecular weight is 391 g/mol. The van der Waals surface area contributed by atoms with Crippen LogP contribution in [-0.4, -0.2) is 39.2 Å². The second-order valence-corrected chi connectivity index (χ2v) is 6.80. The molecule has 2 amide bonds. The van der Waals surface area contributed by atoms with Crippen molar-refractivity contribution >= 4 is 23.2 Å². The molecule has 0 bridgehead atoms. The van der Waals surface area contributed by atoms with Gasteiger partial charge in [0.15, 0.2) is 6.10 Å². The van der Waals surface area contributed by atoms with Gasteiger partial charge in [0.25, 0.3) is 5.91 Å². The Kier molecular flexibility index (Phi) is 5.24. The van der Waals surface area contributed by atoms with Crippen LogP contribution in [0.4, 0.5) is 11.4 Å². The Balaban J connectivity index is 1.35. The minimum absolute atomic E-state index is 0.151. The first-order valence-electron chi connectivity index (χ1n) is 9.38. The fourth-order valence-corrected chi connectivity index (χ4v) is 3.22. The Morgan fingerprint density at radius 2 is 2.00 bits per heavy atom. The molecule has 2 aromatic heterocycles. The molecule has 1 aromatic carbocycles. The number of para-hydroxylation sites is 2. The van der Waals surface area contributed by atoms with Gasteiger partial charge in [0.1, 0.15) is 5.75 Å². The van der Waals surface area contributed by atoms with Gasteiger partial charge in [-0.1, -0.05) is 12.1 Å². The van der Waals surface area contributed by atoms with Crippen molar-refractivity contribution in [3.63, 3.8) is 0 Å². The fourth-order valence-electron chi connectivity index (χ4n) is 3.22. The number of fused-ring (bicyclic) bond motifs is 1. The molecule has 0 aliphatic carbocycles. The molecule has 1 atom stereocenters. The van der Waals surface area contributed by atoms with Crippen molar-refractivity contribution in [2.24, 2.45) is 0 Å². The summed E-state index contributed by atoms with van der Waals surface area (Å²) in [7, 11) is 0. The number of anilines is 2. The number of hydrogen-bond donors (Lipinski definition) is 1. The first-order valence-corrected chi connectivity index (χ1v) is 9.38. The van der Waals surface area contributed by atoms with Crippen molar-refractivity contribution in [2.45, 2.75) is 26.0 Å². The zero-order valence-electron chi connectivity index (χ0n) is 16.0. The molecular weight excluding hydrogens is 370 g/mol. The standard InChI is InChI=1S/C21H21N5O3/c1-15-21(28)26(18-4-2-3-5-19(18)29-15)11-8-20(27)24-17-12-23-25(14-17)13-16-6-9-22-10-7-16/h2-7,9-10,12,14-15H,8,11,13H2,1H3,(H,24,27). The van der Waals surface area contributed by atoms with E-state index in [1.807, 2.05) is 36.4 Å². The number of aromatic nitrogens is 3. The zero-order valence-corrected chi connectivity index (χ0v) is 16.0. The number of benzene rings is 1. The van der Waals surface area contributed by atoms with Crippen LogP contribution in [0, 0.1) is 0 Å². The van der Waals surface area contributed by atoms with Crippen molar-refractivity contribution in [1.82, 2.24) is 14.8 Å². The average Bonchev–Trinajstić information content (AvgIpc) is 3.15. The third-order valence-corrected chi connectivity index (χ3v) is 4.65. The summed E-state index contributed by atoms with van der Waals surface area (Å²) >= 11 is 0. The Bertz CT molecular complexity index is 1020. The third-order valence-electron chi connectivity index (χ3n) is 4.65. The molecule has 3 aromatic rings. The van der Waals surface area contributed by atoms with E-state index >= 15 is 0 Å². The van der Waals surface area contributed by atoms with E-state index in [1.54, 1.807) is 41.3 Å². The summed E-state index contributed by atoms with van der Waals surface area (Å²) in [6, 6.07) is 11.2. The van der Waals surface area contributed by atoms with Gasteiger partial charge in [-0.3, -0.25) is 19.3 Å². The minimum atomic E-state index is -0.570. The normalized spacial score (nSPS) is 15.6. The van der Waals surface area contributed by atoms with Crippen LogP contribution in [0.2, 0.25) is 0 Å². The van der Waals surface area contributed by atoms with E-state index in [9.17, 15) is 9.59 Å². The molecule has 8 nitrogen and oxygen atoms in total. The van der Waals surface area contributed by atoms with Gasteiger partial charge in [0, 0.05) is 31.6 Å². The van der Waals surface area contributed by atoms with Crippen LogP contribution in [0.25, 0.3) is 0 Å². The molecule has 3 heterocycles. The van der Waals surface area contributed by atoms with Crippen LogP contribution in [0.1, 0.15) is 18.9 Å². The SMILES string of the molecule is CC1Oc2ccccc2N(CCC(=O)Nc2cnn(Cc3ccncc3)c2)C1=O. The van der Waals surface area contributed by atoms with Crippen molar-refractivity contribution in [3.8, 4) is 5.75 Å². The molecule has 8 heteroatoms. The molecule has 0 spiro atoms. The van der Waals surface area contributed by atoms with Crippen molar-refractivity contribution in [3.05, 3.63) is 66.7 Å². The number of rotatable bonds is 6. The van der Waals surface area contributed by atoms with E-state index in [1.165, 1.54) is 0 Å². The summed E-state index contributed by atoms with van der Waals surface area (Å²) in [5.74, 6) is 0.317. The molecule has 0 fully saturated rings. The fraction of sp³-hybridized carbons (Fsp3) is 0.238. The summed E-state index contributed by atoms with van der Waals surface area (Å²) in [5, 5.41) is 7.10. The first-order chi connectivity index (χ1) is 14.1. The number of amides is 2. The lowest BCUT2D eigenvalue weighted by atomic mass is 10.1. The lowest BCUT2D eigenvalue weighted by Gasteiger charge is -2.32. The van der Waals surface area contributed by atoms with Gasteiger partial charge in [-0.15, -0.1) is 0 Å². The van der Waals surface area contributed by atoms with E-state index in [4.69, 9.17) is 4.74 Å². The smallest absolute Gasteiger partial charge is 0.267 e. The molecule has 1 aliphatic rings. The molecule has 1 unspecified atom stereocenters. The highest BCUT2D eigenvalue weighted by Gasteiger charge is 2.31. The molecule has 1 N–H and O–H groups in total. The number of nitrogens with zero attached hydrogens (tertiary/aromatic N) is 4. The lowest BCUT2D eigenvalue weighted by molar-refractivity contribution is -0.125. The monoisotopic (exact) mass is 391 g/mol. The van der Waals surface area contributed by atoms with Gasteiger partial charge < -0.3 is 15.0 Å². The maximum absolute atomic E-state index is 12.5. The Morgan fingerprint density at radius 1 is 1.21 bits per heavy atom. The number of ether oxygens (including phenoxy) is 1. The van der Waals surface area contributed by atoms with Crippen LogP contribution in [0.15, 0.2) is 61.2 Å². The molecule has 0 saturated heterocycles. The van der Waals surface area contributed by atoms with Crippen molar-refractivity contribution in [2.75, 3.05) is 16.8 Å². The first kappa shape index (κ1) is 18.7. The van der Waals surface area contributed by atoms with E-state index < -0.39 is 6.10 Å². The molecular formula is C21H21N5O3. The Morgan fingerprint density at radius 3 is 2.83 bits per heavy atom. The highest BCUT2D eigenvalue weighted by Crippen LogP contribution is 2.33. The van der Waals surface area contributed by atoms with Crippen molar-refractivity contribution in [1.29, 1.82) is 0 Å². The van der Waals surface area contributed by atoms with E-state index in [0.717, 1.165) is 5.56 Å². The summed E-state index contributed by atoms with van der Waals surface area (Å²) in [4.78, 5) is 30.5. The highest BCUT2D eigenvalue weighted by atomic mass is 16.5. The summed E-state index contributed by atoms with van der Waals surface area (Å²) in [6.45, 7) is 2.58. The summed E-state index contributed by atoms with van der Waals surface area (Å²) in [5.41, 5.74) is 2.37. The number of nitrogens with one attached hydrogen (secondary N) is 1. The second kappa shape index (κ2) is 8.14. The summed E-state index contributed by atoms with van der Waals surface area (Å²) in [6.07, 6.45) is 6.44. The Labute approximate surface area is 168 Å². The molecule has 29 heavy (non-hydrogen) atoms. The third kappa shape index (κ3) is 4.26. The van der Waals surface area contributed by atoms with Crippen LogP contribution < -0.4 is 15.0 Å². The van der Waals surface area contributed by atoms with Gasteiger partial charge in [0.05, 0.1) is 24.1 Å². The molecule has 0 saturated carbocycles. The molecule has 1 aliphatic heterocycles. The molecule has 0 radical (unpaired) electrons. The lowest BCUT2D eigenvalue weighted by Crippen LogP contribution is -2.45. The van der Waals surface area contributed by atoms with Gasteiger partial charge >= 0.3 is 0 Å². The van der Waals surface area contributed by atoms with Gasteiger partial charge in [-0.2, -0.15) is 5.10 Å². The van der Waals surface area contributed by atoms with E-state index in [2.05, 4.69) is 15.4 Å². The largest absolute Gasteiger partial charge is 0.479 e. The van der Waals surface area contributed by atoms with Crippen LogP contribution in [-0.2, 0) is 16.1 Å². The number of carbonyl (C=O) groups is 2. The highest BCUT2D eigenvalue weighted by molar-refractivity contribution is 6.00. The van der Waals surface area contributed by atoms with Gasteiger partial charge in [-0.05, 0) is 36.8 Å². The van der Waals surface area contributed by atoms with E-state index in [-0.39, 0.29) is 24.8 Å². The van der Waals surface area contributed by atoms with Crippen molar-refractivity contribution < 1.29 is 14.3 Å². The predicted molar refractivity (Wildman–Crippen MR) is 108 cm³/mol. The Hall–Kier alpha value is -3.68. The maximum atomic E-state index is 12.5. The van der Waals surface area contributed by atoms with Crippen LogP contribution in [0.5, 0.6) is 5.75 Å². The van der Waals surface area contributed by atoms with Gasteiger partial charge in [-0.25, -0.2) is 0 Å². The van der Waals surface area contributed by atoms with Crippen LogP contribution >= 0.6 is 0 Å². The predicted octanol–water partition coefficient (Wildman–Crippen LogP) is 2.47. The maximum Gasteiger partial charge on any atom is 0.267 e. The number of hydrogen-bond acceptors (Lipinski definition) is 5. The topological polar surface area (TPSA) is 89.3 Å².